The van der Waals surface area contributed by atoms with Crippen LogP contribution in [0, 0.1) is 10.1 Å². The summed E-state index contributed by atoms with van der Waals surface area (Å²) in [6.45, 7) is 3.15. The van der Waals surface area contributed by atoms with Gasteiger partial charge in [0.2, 0.25) is 0 Å². The van der Waals surface area contributed by atoms with Crippen LogP contribution in [0.15, 0.2) is 21.7 Å². The van der Waals surface area contributed by atoms with Crippen LogP contribution in [0.1, 0.15) is 25.0 Å². The summed E-state index contributed by atoms with van der Waals surface area (Å²) in [6, 6.07) is 2.66. The van der Waals surface area contributed by atoms with E-state index < -0.39 is 11.0 Å². The van der Waals surface area contributed by atoms with E-state index >= 15 is 0 Å². The lowest BCUT2D eigenvalue weighted by atomic mass is 10.1. The lowest BCUT2D eigenvalue weighted by Crippen LogP contribution is -2.37. The Morgan fingerprint density at radius 1 is 1.35 bits per heavy atom. The van der Waals surface area contributed by atoms with Gasteiger partial charge in [-0.25, -0.2) is 4.79 Å². The molecule has 1 aromatic heterocycles. The molecule has 3 heterocycles. The molecule has 0 radical (unpaired) electrons. The van der Waals surface area contributed by atoms with E-state index in [-0.39, 0.29) is 17.7 Å². The largest absolute Gasteiger partial charge is 0.441 e. The number of cyclic esters (lactones) is 1. The minimum atomic E-state index is -0.629. The number of piperidine rings is 1. The Morgan fingerprint density at radius 2 is 2.13 bits per heavy atom. The van der Waals surface area contributed by atoms with Crippen molar-refractivity contribution in [1.82, 2.24) is 9.91 Å². The molecular weight excluding hydrogens is 304 g/mol. The predicted octanol–water partition coefficient (Wildman–Crippen LogP) is 1.83. The maximum atomic E-state index is 11.8. The van der Waals surface area contributed by atoms with Gasteiger partial charge in [-0.3, -0.25) is 15.0 Å². The summed E-state index contributed by atoms with van der Waals surface area (Å²) in [6.07, 6.45) is 4.18. The Balaban J connectivity index is 1.54. The van der Waals surface area contributed by atoms with E-state index in [1.165, 1.54) is 42.6 Å². The molecule has 2 fully saturated rings. The van der Waals surface area contributed by atoms with Crippen LogP contribution in [-0.4, -0.2) is 59.4 Å². The Kier molecular flexibility index (Phi) is 4.56. The molecule has 1 aromatic rings. The van der Waals surface area contributed by atoms with Gasteiger partial charge in [0.25, 0.3) is 0 Å². The Labute approximate surface area is 132 Å². The second-order valence-electron chi connectivity index (χ2n) is 5.63. The van der Waals surface area contributed by atoms with Crippen molar-refractivity contribution in [3.63, 3.8) is 0 Å². The van der Waals surface area contributed by atoms with Crippen LogP contribution in [0.3, 0.4) is 0 Å². The number of carbonyl (C=O) groups is 1. The van der Waals surface area contributed by atoms with Gasteiger partial charge in [-0.2, -0.15) is 10.1 Å². The van der Waals surface area contributed by atoms with Crippen molar-refractivity contribution in [3.05, 3.63) is 28.0 Å². The number of amides is 1. The highest BCUT2D eigenvalue weighted by Crippen LogP contribution is 2.17. The minimum Gasteiger partial charge on any atom is -0.441 e. The number of nitro groups is 1. The molecule has 2 aliphatic heterocycles. The van der Waals surface area contributed by atoms with Gasteiger partial charge in [-0.05, 0) is 32.0 Å². The molecule has 124 valence electrons. The topological polar surface area (TPSA) is 101 Å². The lowest BCUT2D eigenvalue weighted by molar-refractivity contribution is -0.402. The number of ether oxygens (including phenoxy) is 1. The summed E-state index contributed by atoms with van der Waals surface area (Å²) in [5.41, 5.74) is 0. The molecule has 9 nitrogen and oxygen atoms in total. The lowest BCUT2D eigenvalue weighted by Gasteiger charge is -2.27. The van der Waals surface area contributed by atoms with Crippen LogP contribution in [0.2, 0.25) is 0 Å². The van der Waals surface area contributed by atoms with Crippen molar-refractivity contribution in [3.8, 4) is 0 Å². The normalized spacial score (nSPS) is 22.7. The quantitative estimate of drug-likeness (QED) is 0.465. The third kappa shape index (κ3) is 3.86. The summed E-state index contributed by atoms with van der Waals surface area (Å²) in [7, 11) is 0. The number of rotatable bonds is 5. The summed E-state index contributed by atoms with van der Waals surface area (Å²) in [4.78, 5) is 24.0. The van der Waals surface area contributed by atoms with E-state index in [9.17, 15) is 14.9 Å². The summed E-state index contributed by atoms with van der Waals surface area (Å²) >= 11 is 0. The first kappa shape index (κ1) is 15.5. The summed E-state index contributed by atoms with van der Waals surface area (Å²) < 4.78 is 10.3. The second kappa shape index (κ2) is 6.78. The molecule has 0 bridgehead atoms. The zero-order valence-corrected chi connectivity index (χ0v) is 12.6. The van der Waals surface area contributed by atoms with Crippen molar-refractivity contribution in [2.45, 2.75) is 25.4 Å². The maximum absolute atomic E-state index is 11.8. The number of carbonyl (C=O) groups excluding carboxylic acids is 1. The van der Waals surface area contributed by atoms with Crippen LogP contribution >= 0.6 is 0 Å². The average molecular weight is 322 g/mol. The Morgan fingerprint density at radius 3 is 2.83 bits per heavy atom. The van der Waals surface area contributed by atoms with Gasteiger partial charge in [0.05, 0.1) is 18.8 Å². The van der Waals surface area contributed by atoms with Gasteiger partial charge >= 0.3 is 12.0 Å². The average Bonchev–Trinajstić information content (AvgIpc) is 3.13. The highest BCUT2D eigenvalue weighted by molar-refractivity contribution is 5.78. The molecule has 0 saturated carbocycles. The summed E-state index contributed by atoms with van der Waals surface area (Å²) in [5.74, 6) is -0.151. The maximum Gasteiger partial charge on any atom is 0.433 e. The number of hydrogen-bond acceptors (Lipinski definition) is 7. The van der Waals surface area contributed by atoms with Gasteiger partial charge in [-0.1, -0.05) is 6.42 Å². The molecule has 23 heavy (non-hydrogen) atoms. The SMILES string of the molecule is O=C1O[C@@H](CN2CCCCC2)CN1/N=C\c1ccc([N+](=O)[O-])o1. The van der Waals surface area contributed by atoms with Gasteiger partial charge in [0, 0.05) is 6.54 Å². The predicted molar refractivity (Wildman–Crippen MR) is 80.2 cm³/mol. The molecule has 2 saturated heterocycles. The van der Waals surface area contributed by atoms with Crippen LogP contribution in [0.4, 0.5) is 10.7 Å². The van der Waals surface area contributed by atoms with Gasteiger partial charge in [0.1, 0.15) is 11.0 Å². The van der Waals surface area contributed by atoms with Crippen molar-refractivity contribution >= 4 is 18.2 Å². The van der Waals surface area contributed by atoms with Crippen LogP contribution in [0.5, 0.6) is 0 Å². The fourth-order valence-corrected chi connectivity index (χ4v) is 2.76. The first-order chi connectivity index (χ1) is 11.1. The fourth-order valence-electron chi connectivity index (χ4n) is 2.76. The zero-order chi connectivity index (χ0) is 16.2. The molecule has 2 aliphatic rings. The van der Waals surface area contributed by atoms with Gasteiger partial charge < -0.3 is 9.15 Å². The minimum absolute atomic E-state index is 0.205. The molecule has 0 unspecified atom stereocenters. The van der Waals surface area contributed by atoms with Gasteiger partial charge in [-0.15, -0.1) is 0 Å². The molecule has 1 amide bonds. The Bertz CT molecular complexity index is 608. The Hall–Kier alpha value is -2.42. The molecular formula is C14H18N4O5. The molecule has 0 N–H and O–H groups in total. The highest BCUT2D eigenvalue weighted by atomic mass is 16.6. The molecule has 3 rings (SSSR count). The standard InChI is InChI=1S/C14H18N4O5/c19-14-17(15-8-11-4-5-13(22-11)18(20)21)10-12(23-14)9-16-6-2-1-3-7-16/h4-5,8,12H,1-3,6-7,9-10H2/b15-8-/t12-/m0/s1. The third-order valence-electron chi connectivity index (χ3n) is 3.88. The molecule has 0 spiro atoms. The van der Waals surface area contributed by atoms with E-state index in [0.29, 0.717) is 13.1 Å². The van der Waals surface area contributed by atoms with Crippen LogP contribution in [-0.2, 0) is 4.74 Å². The van der Waals surface area contributed by atoms with Crippen LogP contribution in [0.25, 0.3) is 0 Å². The second-order valence-corrected chi connectivity index (χ2v) is 5.63. The number of likely N-dealkylation sites (tertiary alicyclic amines) is 1. The third-order valence-corrected chi connectivity index (χ3v) is 3.88. The first-order valence-electron chi connectivity index (χ1n) is 7.60. The van der Waals surface area contributed by atoms with Crippen molar-refractivity contribution in [2.24, 2.45) is 5.10 Å². The van der Waals surface area contributed by atoms with E-state index in [4.69, 9.17) is 9.15 Å². The molecule has 0 aliphatic carbocycles. The van der Waals surface area contributed by atoms with E-state index in [1.807, 2.05) is 0 Å². The fraction of sp³-hybridized carbons (Fsp3) is 0.571. The number of furan rings is 1. The van der Waals surface area contributed by atoms with E-state index in [1.54, 1.807) is 0 Å². The molecule has 0 aromatic carbocycles. The molecule has 9 heteroatoms. The van der Waals surface area contributed by atoms with E-state index in [2.05, 4.69) is 10.0 Å². The van der Waals surface area contributed by atoms with Gasteiger partial charge in [0.15, 0.2) is 5.76 Å². The number of nitrogens with zero attached hydrogens (tertiary/aromatic N) is 4. The summed E-state index contributed by atoms with van der Waals surface area (Å²) in [5, 5.41) is 15.7. The smallest absolute Gasteiger partial charge is 0.433 e. The number of hydrazone groups is 1. The van der Waals surface area contributed by atoms with Crippen molar-refractivity contribution in [2.75, 3.05) is 26.2 Å². The van der Waals surface area contributed by atoms with Crippen LogP contribution < -0.4 is 0 Å². The highest BCUT2D eigenvalue weighted by Gasteiger charge is 2.32. The number of hydrogen-bond donors (Lipinski definition) is 0. The monoisotopic (exact) mass is 322 g/mol. The zero-order valence-electron chi connectivity index (χ0n) is 12.6. The first-order valence-corrected chi connectivity index (χ1v) is 7.60. The van der Waals surface area contributed by atoms with Crippen molar-refractivity contribution in [1.29, 1.82) is 0 Å². The molecule has 1 atom stereocenters. The van der Waals surface area contributed by atoms with Crippen molar-refractivity contribution < 1.29 is 18.9 Å². The van der Waals surface area contributed by atoms with E-state index in [0.717, 1.165) is 13.1 Å².